The van der Waals surface area contributed by atoms with Crippen LogP contribution in [0.1, 0.15) is 48.7 Å². The van der Waals surface area contributed by atoms with E-state index in [1.54, 1.807) is 7.11 Å². The van der Waals surface area contributed by atoms with Gasteiger partial charge in [-0.25, -0.2) is 4.68 Å². The van der Waals surface area contributed by atoms with Gasteiger partial charge in [0.15, 0.2) is 5.82 Å². The maximum atomic E-state index is 5.40. The molecule has 1 atom stereocenters. The van der Waals surface area contributed by atoms with Crippen molar-refractivity contribution in [1.82, 2.24) is 30.0 Å². The third-order valence-corrected chi connectivity index (χ3v) is 7.25. The van der Waals surface area contributed by atoms with Crippen molar-refractivity contribution < 1.29 is 17.1 Å². The Balaban J connectivity index is 0.00000274. The summed E-state index contributed by atoms with van der Waals surface area (Å²) in [6.45, 7) is 5.05. The molecule has 0 N–H and O–H groups in total. The van der Waals surface area contributed by atoms with Crippen molar-refractivity contribution in [2.24, 2.45) is 0 Å². The van der Waals surface area contributed by atoms with Crippen molar-refractivity contribution in [3.63, 3.8) is 0 Å². The summed E-state index contributed by atoms with van der Waals surface area (Å²) in [5.74, 6) is 1.79. The summed E-state index contributed by atoms with van der Waals surface area (Å²) in [7, 11) is 1.71. The lowest BCUT2D eigenvalue weighted by molar-refractivity contribution is -0.00000728. The molecule has 1 aliphatic heterocycles. The Bertz CT molecular complexity index is 998. The number of aryl methyl sites for hydroxylation is 2. The first-order valence-electron chi connectivity index (χ1n) is 12.2. The number of piperazine rings is 1. The summed E-state index contributed by atoms with van der Waals surface area (Å²) in [4.78, 5) is 5.25. The molecule has 0 spiro atoms. The summed E-state index contributed by atoms with van der Waals surface area (Å²) < 4.78 is 7.39. The number of halogens is 1. The molecule has 0 bridgehead atoms. The van der Waals surface area contributed by atoms with Gasteiger partial charge >= 0.3 is 0 Å². The summed E-state index contributed by atoms with van der Waals surface area (Å²) in [5, 5.41) is 13.0. The van der Waals surface area contributed by atoms with E-state index in [-0.39, 0.29) is 18.4 Å². The molecule has 5 rings (SSSR count). The third kappa shape index (κ3) is 5.59. The van der Waals surface area contributed by atoms with Gasteiger partial charge in [0.2, 0.25) is 0 Å². The normalized spacial score (nSPS) is 18.5. The van der Waals surface area contributed by atoms with Gasteiger partial charge in [0.05, 0.1) is 13.2 Å². The zero-order valence-corrected chi connectivity index (χ0v) is 20.6. The molecule has 8 heteroatoms. The van der Waals surface area contributed by atoms with E-state index in [9.17, 15) is 0 Å². The van der Waals surface area contributed by atoms with Gasteiger partial charge in [0.1, 0.15) is 5.75 Å². The Labute approximate surface area is 208 Å². The van der Waals surface area contributed by atoms with Crippen LogP contribution in [0.15, 0.2) is 54.6 Å². The van der Waals surface area contributed by atoms with E-state index in [0.29, 0.717) is 0 Å². The number of aromatic nitrogens is 4. The van der Waals surface area contributed by atoms with Crippen LogP contribution in [-0.2, 0) is 13.0 Å². The number of hydrogen-bond acceptors (Lipinski definition) is 6. The van der Waals surface area contributed by atoms with Gasteiger partial charge in [-0.05, 0) is 52.9 Å². The van der Waals surface area contributed by atoms with E-state index in [2.05, 4.69) is 67.8 Å². The molecule has 0 amide bonds. The van der Waals surface area contributed by atoms with Crippen molar-refractivity contribution in [3.05, 3.63) is 71.5 Å². The van der Waals surface area contributed by atoms with Crippen molar-refractivity contribution in [1.29, 1.82) is 0 Å². The highest BCUT2D eigenvalue weighted by Crippen LogP contribution is 2.31. The highest BCUT2D eigenvalue weighted by Gasteiger charge is 2.33. The minimum absolute atomic E-state index is 0. The van der Waals surface area contributed by atoms with Gasteiger partial charge in [0, 0.05) is 38.8 Å². The molecule has 1 aromatic heterocycles. The fourth-order valence-corrected chi connectivity index (χ4v) is 5.39. The van der Waals surface area contributed by atoms with E-state index in [4.69, 9.17) is 4.74 Å². The van der Waals surface area contributed by atoms with Crippen LogP contribution in [0.3, 0.4) is 0 Å². The molecule has 1 saturated heterocycles. The van der Waals surface area contributed by atoms with E-state index in [1.807, 2.05) is 16.8 Å². The van der Waals surface area contributed by atoms with E-state index >= 15 is 0 Å². The predicted molar refractivity (Wildman–Crippen MR) is 128 cm³/mol. The molecule has 2 aliphatic rings. The van der Waals surface area contributed by atoms with E-state index in [1.165, 1.54) is 36.8 Å². The van der Waals surface area contributed by atoms with Crippen LogP contribution < -0.4 is 17.1 Å². The number of nitrogens with zero attached hydrogens (tertiary/aromatic N) is 6. The second kappa shape index (κ2) is 11.8. The van der Waals surface area contributed by atoms with Gasteiger partial charge in [-0.2, -0.15) is 0 Å². The molecule has 7 nitrogen and oxygen atoms in total. The molecular formula is C26H34ClN6O-. The lowest BCUT2D eigenvalue weighted by atomic mass is 10.0. The van der Waals surface area contributed by atoms with E-state index in [0.717, 1.165) is 56.8 Å². The second-order valence-corrected chi connectivity index (χ2v) is 9.18. The van der Waals surface area contributed by atoms with Crippen LogP contribution in [0.5, 0.6) is 5.75 Å². The van der Waals surface area contributed by atoms with Crippen LogP contribution >= 0.6 is 0 Å². The lowest BCUT2D eigenvalue weighted by Gasteiger charge is -2.41. The molecule has 1 aliphatic carbocycles. The summed E-state index contributed by atoms with van der Waals surface area (Å²) in [5.41, 5.74) is 2.51. The Morgan fingerprint density at radius 3 is 2.32 bits per heavy atom. The number of hydrogen-bond donors (Lipinski definition) is 0. The third-order valence-electron chi connectivity index (χ3n) is 7.25. The first-order chi connectivity index (χ1) is 16.3. The number of ether oxygens (including phenoxy) is 1. The Kier molecular flexibility index (Phi) is 8.53. The highest BCUT2D eigenvalue weighted by molar-refractivity contribution is 5.32. The van der Waals surface area contributed by atoms with Gasteiger partial charge in [-0.15, -0.1) is 5.10 Å². The summed E-state index contributed by atoms with van der Waals surface area (Å²) in [6, 6.07) is 19.7. The monoisotopic (exact) mass is 481 g/mol. The maximum Gasteiger partial charge on any atom is 0.173 e. The number of rotatable bonds is 8. The SMILES string of the molecule is COc1ccc(C(c2nnnn2CCc2ccccc2)N2CCN(C3CCCC3)CC2)cc1.[Cl-]. The summed E-state index contributed by atoms with van der Waals surface area (Å²) >= 11 is 0. The van der Waals surface area contributed by atoms with Crippen LogP contribution in [-0.4, -0.2) is 69.3 Å². The summed E-state index contributed by atoms with van der Waals surface area (Å²) in [6.07, 6.45) is 6.40. The number of tetrazole rings is 1. The quantitative estimate of drug-likeness (QED) is 0.469. The Morgan fingerprint density at radius 1 is 0.941 bits per heavy atom. The molecular weight excluding hydrogens is 448 g/mol. The number of methoxy groups -OCH3 is 1. The Morgan fingerprint density at radius 2 is 1.65 bits per heavy atom. The molecule has 2 heterocycles. The maximum absolute atomic E-state index is 5.40. The smallest absolute Gasteiger partial charge is 0.173 e. The molecule has 34 heavy (non-hydrogen) atoms. The largest absolute Gasteiger partial charge is 1.00 e. The zero-order chi connectivity index (χ0) is 22.5. The first-order valence-corrected chi connectivity index (χ1v) is 12.2. The molecule has 3 aromatic rings. The van der Waals surface area contributed by atoms with Crippen molar-refractivity contribution in [2.75, 3.05) is 33.3 Å². The zero-order valence-electron chi connectivity index (χ0n) is 19.9. The highest BCUT2D eigenvalue weighted by atomic mass is 35.5. The van der Waals surface area contributed by atoms with Crippen LogP contribution in [0, 0.1) is 0 Å². The molecule has 0 radical (unpaired) electrons. The standard InChI is InChI=1S/C26H34N6O.ClH/c1-33-24-13-11-22(12-14-24)25(31-19-17-30(18-20-31)23-9-5-6-10-23)26-27-28-29-32(26)16-15-21-7-3-2-4-8-21;/h2-4,7-8,11-14,23,25H,5-6,9-10,15-20H2,1H3;1H/p-1. The first kappa shape index (κ1) is 24.6. The average Bonchev–Trinajstić information content (AvgIpc) is 3.57. The molecule has 2 aromatic carbocycles. The number of benzene rings is 2. The van der Waals surface area contributed by atoms with Gasteiger partial charge in [0.25, 0.3) is 0 Å². The second-order valence-electron chi connectivity index (χ2n) is 9.18. The molecule has 1 unspecified atom stereocenters. The van der Waals surface area contributed by atoms with E-state index < -0.39 is 0 Å². The predicted octanol–water partition coefficient (Wildman–Crippen LogP) is 0.578. The minimum atomic E-state index is 0. The van der Waals surface area contributed by atoms with Crippen LogP contribution in [0.4, 0.5) is 0 Å². The fraction of sp³-hybridized carbons (Fsp3) is 0.500. The fourth-order valence-electron chi connectivity index (χ4n) is 5.39. The molecule has 1 saturated carbocycles. The van der Waals surface area contributed by atoms with Crippen molar-refractivity contribution >= 4 is 0 Å². The van der Waals surface area contributed by atoms with Gasteiger partial charge in [-0.1, -0.05) is 55.3 Å². The topological polar surface area (TPSA) is 59.3 Å². The Hall–Kier alpha value is -2.48. The van der Waals surface area contributed by atoms with Gasteiger partial charge in [-0.3, -0.25) is 9.80 Å². The van der Waals surface area contributed by atoms with Crippen molar-refractivity contribution in [2.45, 2.75) is 50.7 Å². The van der Waals surface area contributed by atoms with Crippen LogP contribution in [0.2, 0.25) is 0 Å². The van der Waals surface area contributed by atoms with Crippen molar-refractivity contribution in [3.8, 4) is 5.75 Å². The van der Waals surface area contributed by atoms with Crippen LogP contribution in [0.25, 0.3) is 0 Å². The van der Waals surface area contributed by atoms with Gasteiger partial charge < -0.3 is 17.1 Å². The molecule has 182 valence electrons. The minimum Gasteiger partial charge on any atom is -1.00 e. The lowest BCUT2D eigenvalue weighted by Crippen LogP contribution is -3.00. The average molecular weight is 482 g/mol. The molecule has 2 fully saturated rings.